The highest BCUT2D eigenvalue weighted by atomic mass is 19.2. The Bertz CT molecular complexity index is 910. The third kappa shape index (κ3) is 4.49. The van der Waals surface area contributed by atoms with Gasteiger partial charge in [0.15, 0.2) is 11.6 Å². The molecule has 2 saturated carbocycles. The van der Waals surface area contributed by atoms with E-state index in [9.17, 15) is 13.2 Å². The number of aryl methyl sites for hydroxylation is 1. The molecule has 2 aliphatic carbocycles. The predicted octanol–water partition coefficient (Wildman–Crippen LogP) is 7.95. The third-order valence-electron chi connectivity index (χ3n) is 7.66. The van der Waals surface area contributed by atoms with Gasteiger partial charge in [0.2, 0.25) is 5.82 Å². The number of benzene rings is 2. The molecule has 0 heterocycles. The minimum Gasteiger partial charge on any atom is -0.491 e. The molecule has 2 aliphatic rings. The van der Waals surface area contributed by atoms with Crippen molar-refractivity contribution < 1.29 is 17.9 Å². The molecule has 168 valence electrons. The first-order chi connectivity index (χ1) is 15.0. The molecule has 0 spiro atoms. The molecule has 4 rings (SSSR count). The fourth-order valence-electron chi connectivity index (χ4n) is 6.21. The van der Waals surface area contributed by atoms with E-state index in [0.717, 1.165) is 24.2 Å². The van der Waals surface area contributed by atoms with Gasteiger partial charge in [-0.2, -0.15) is 4.39 Å². The van der Waals surface area contributed by atoms with Crippen LogP contribution in [0.3, 0.4) is 0 Å². The van der Waals surface area contributed by atoms with Crippen LogP contribution in [0.4, 0.5) is 13.2 Å². The van der Waals surface area contributed by atoms with Crippen molar-refractivity contribution in [1.29, 1.82) is 0 Å². The van der Waals surface area contributed by atoms with Crippen LogP contribution in [0.2, 0.25) is 0 Å². The van der Waals surface area contributed by atoms with Crippen LogP contribution in [-0.2, 0) is 6.42 Å². The fraction of sp³-hybridized carbons (Fsp3) is 0.556. The summed E-state index contributed by atoms with van der Waals surface area (Å²) in [7, 11) is 0. The average molecular weight is 431 g/mol. The van der Waals surface area contributed by atoms with Crippen molar-refractivity contribution in [2.75, 3.05) is 6.61 Å². The molecule has 0 bridgehead atoms. The third-order valence-corrected chi connectivity index (χ3v) is 7.66. The molecular formula is C27H33F3O. The normalized spacial score (nSPS) is 25.1. The van der Waals surface area contributed by atoms with Gasteiger partial charge in [-0.25, -0.2) is 8.78 Å². The highest BCUT2D eigenvalue weighted by molar-refractivity contribution is 5.65. The second-order valence-electron chi connectivity index (χ2n) is 9.31. The predicted molar refractivity (Wildman–Crippen MR) is 119 cm³/mol. The SMILES string of the molecule is CCCC1CCC2C(CCc3ccc(-c4ccc(OCC)c(F)c4F)cc3F)CCC12. The van der Waals surface area contributed by atoms with Crippen molar-refractivity contribution in [3.05, 3.63) is 53.3 Å². The van der Waals surface area contributed by atoms with E-state index in [2.05, 4.69) is 6.92 Å². The second-order valence-corrected chi connectivity index (χ2v) is 9.31. The molecule has 0 radical (unpaired) electrons. The fourth-order valence-corrected chi connectivity index (χ4v) is 6.21. The molecule has 0 N–H and O–H groups in total. The van der Waals surface area contributed by atoms with Crippen molar-refractivity contribution in [3.8, 4) is 16.9 Å². The van der Waals surface area contributed by atoms with Crippen molar-refractivity contribution >= 4 is 0 Å². The number of rotatable bonds is 8. The molecule has 31 heavy (non-hydrogen) atoms. The molecule has 4 unspecified atom stereocenters. The molecule has 0 saturated heterocycles. The molecule has 0 aliphatic heterocycles. The quantitative estimate of drug-likeness (QED) is 0.413. The van der Waals surface area contributed by atoms with E-state index in [0.29, 0.717) is 23.5 Å². The van der Waals surface area contributed by atoms with Gasteiger partial charge in [0.05, 0.1) is 6.61 Å². The van der Waals surface area contributed by atoms with Gasteiger partial charge >= 0.3 is 0 Å². The molecular weight excluding hydrogens is 397 g/mol. The van der Waals surface area contributed by atoms with Crippen LogP contribution in [-0.4, -0.2) is 6.61 Å². The zero-order valence-electron chi connectivity index (χ0n) is 18.6. The van der Waals surface area contributed by atoms with Crippen LogP contribution < -0.4 is 4.74 Å². The van der Waals surface area contributed by atoms with Crippen LogP contribution in [0.5, 0.6) is 5.75 Å². The molecule has 1 nitrogen and oxygen atoms in total. The van der Waals surface area contributed by atoms with E-state index < -0.39 is 11.6 Å². The zero-order chi connectivity index (χ0) is 22.0. The van der Waals surface area contributed by atoms with Crippen LogP contribution in [0.25, 0.3) is 11.1 Å². The molecule has 0 aromatic heterocycles. The summed E-state index contributed by atoms with van der Waals surface area (Å²) in [5.41, 5.74) is 1.07. The Morgan fingerprint density at radius 2 is 1.55 bits per heavy atom. The molecule has 2 fully saturated rings. The number of hydrogen-bond donors (Lipinski definition) is 0. The van der Waals surface area contributed by atoms with E-state index in [1.165, 1.54) is 56.7 Å². The highest BCUT2D eigenvalue weighted by Crippen LogP contribution is 2.53. The summed E-state index contributed by atoms with van der Waals surface area (Å²) in [6, 6.07) is 7.61. The summed E-state index contributed by atoms with van der Waals surface area (Å²) in [6.07, 6.45) is 9.66. The van der Waals surface area contributed by atoms with Gasteiger partial charge in [-0.1, -0.05) is 31.9 Å². The first-order valence-electron chi connectivity index (χ1n) is 11.9. The van der Waals surface area contributed by atoms with Crippen LogP contribution in [0.15, 0.2) is 30.3 Å². The molecule has 4 heteroatoms. The number of fused-ring (bicyclic) bond motifs is 1. The summed E-state index contributed by atoms with van der Waals surface area (Å²) in [5.74, 6) is 0.814. The summed E-state index contributed by atoms with van der Waals surface area (Å²) in [4.78, 5) is 0. The van der Waals surface area contributed by atoms with E-state index in [1.54, 1.807) is 19.1 Å². The Hall–Kier alpha value is -1.97. The topological polar surface area (TPSA) is 9.23 Å². The maximum atomic E-state index is 14.8. The van der Waals surface area contributed by atoms with Crippen LogP contribution in [0, 0.1) is 41.1 Å². The Morgan fingerprint density at radius 3 is 2.19 bits per heavy atom. The van der Waals surface area contributed by atoms with Crippen molar-refractivity contribution in [1.82, 2.24) is 0 Å². The zero-order valence-corrected chi connectivity index (χ0v) is 18.6. The summed E-state index contributed by atoms with van der Waals surface area (Å²) < 4.78 is 48.6. The maximum Gasteiger partial charge on any atom is 0.201 e. The summed E-state index contributed by atoms with van der Waals surface area (Å²) in [5, 5.41) is 0. The van der Waals surface area contributed by atoms with Gasteiger partial charge in [-0.15, -0.1) is 0 Å². The lowest BCUT2D eigenvalue weighted by Gasteiger charge is -2.21. The number of hydrogen-bond acceptors (Lipinski definition) is 1. The smallest absolute Gasteiger partial charge is 0.201 e. The van der Waals surface area contributed by atoms with E-state index in [1.807, 2.05) is 0 Å². The van der Waals surface area contributed by atoms with Crippen molar-refractivity contribution in [2.45, 2.75) is 65.2 Å². The van der Waals surface area contributed by atoms with E-state index in [4.69, 9.17) is 4.74 Å². The van der Waals surface area contributed by atoms with Crippen molar-refractivity contribution in [3.63, 3.8) is 0 Å². The minimum absolute atomic E-state index is 0.0537. The Balaban J connectivity index is 1.43. The van der Waals surface area contributed by atoms with Gasteiger partial charge < -0.3 is 4.74 Å². The molecule has 4 atom stereocenters. The number of ether oxygens (including phenoxy) is 1. The number of halogens is 3. The van der Waals surface area contributed by atoms with Crippen LogP contribution in [0.1, 0.15) is 64.4 Å². The van der Waals surface area contributed by atoms with Crippen LogP contribution >= 0.6 is 0 Å². The summed E-state index contributed by atoms with van der Waals surface area (Å²) >= 11 is 0. The standard InChI is InChI=1S/C27H33F3O/c1-3-5-17-10-12-22-18(11-13-21(17)22)6-7-19-8-9-20(16-24(19)28)23-14-15-25(31-4-2)27(30)26(23)29/h8-9,14-18,21-22H,3-7,10-13H2,1-2H3. The second kappa shape index (κ2) is 9.67. The monoisotopic (exact) mass is 430 g/mol. The highest BCUT2D eigenvalue weighted by Gasteiger charge is 2.43. The Kier molecular flexibility index (Phi) is 6.93. The minimum atomic E-state index is -1.03. The largest absolute Gasteiger partial charge is 0.491 e. The lowest BCUT2D eigenvalue weighted by atomic mass is 9.85. The van der Waals surface area contributed by atoms with Gasteiger partial charge in [0, 0.05) is 5.56 Å². The van der Waals surface area contributed by atoms with Crippen molar-refractivity contribution in [2.24, 2.45) is 23.7 Å². The van der Waals surface area contributed by atoms with Gasteiger partial charge in [0.1, 0.15) is 5.82 Å². The average Bonchev–Trinajstić information content (AvgIpc) is 3.34. The first-order valence-corrected chi connectivity index (χ1v) is 11.9. The van der Waals surface area contributed by atoms with Gasteiger partial charge in [-0.05, 0) is 98.4 Å². The lowest BCUT2D eigenvalue weighted by Crippen LogP contribution is -2.13. The first kappa shape index (κ1) is 22.2. The Morgan fingerprint density at radius 1 is 0.839 bits per heavy atom. The molecule has 2 aromatic rings. The molecule has 2 aromatic carbocycles. The van der Waals surface area contributed by atoms with E-state index >= 15 is 0 Å². The summed E-state index contributed by atoms with van der Waals surface area (Å²) in [6.45, 7) is 4.24. The molecule has 0 amide bonds. The Labute approximate surface area is 184 Å². The lowest BCUT2D eigenvalue weighted by molar-refractivity contribution is 0.294. The maximum absolute atomic E-state index is 14.8. The van der Waals surface area contributed by atoms with E-state index in [-0.39, 0.29) is 23.7 Å². The van der Waals surface area contributed by atoms with Gasteiger partial charge in [-0.3, -0.25) is 0 Å². The van der Waals surface area contributed by atoms with Gasteiger partial charge in [0.25, 0.3) is 0 Å².